The van der Waals surface area contributed by atoms with Gasteiger partial charge < -0.3 is 9.47 Å². The first-order chi connectivity index (χ1) is 15.1. The predicted octanol–water partition coefficient (Wildman–Crippen LogP) is 1.64. The summed E-state index contributed by atoms with van der Waals surface area (Å²) in [5, 5.41) is 12.7. The number of carbonyl (C=O) groups excluding carboxylic acids is 2. The Kier molecular flexibility index (Phi) is 7.18. The SMILES string of the molecule is CC1CN(S(=O)(=O)c2cccc(C(=O)OCC(=O)Nc3ncc([N+](=O)[O-])s3)c2)CC(C)O1. The fraction of sp³-hybridized carbons (Fsp3) is 0.389. The van der Waals surface area contributed by atoms with Crippen LogP contribution in [0.5, 0.6) is 0 Å². The summed E-state index contributed by atoms with van der Waals surface area (Å²) in [6.45, 7) is 3.26. The minimum absolute atomic E-state index is 0.0141. The average Bonchev–Trinajstić information content (AvgIpc) is 3.20. The number of esters is 1. The first-order valence-corrected chi connectivity index (χ1v) is 11.6. The molecule has 14 heteroatoms. The Balaban J connectivity index is 1.63. The maximum atomic E-state index is 13.0. The highest BCUT2D eigenvalue weighted by Crippen LogP contribution is 2.25. The van der Waals surface area contributed by atoms with E-state index in [1.165, 1.54) is 28.6 Å². The number of carbonyl (C=O) groups is 2. The first kappa shape index (κ1) is 23.7. The van der Waals surface area contributed by atoms with Gasteiger partial charge in [-0.3, -0.25) is 20.2 Å². The van der Waals surface area contributed by atoms with Crippen molar-refractivity contribution in [3.8, 4) is 0 Å². The van der Waals surface area contributed by atoms with Crippen LogP contribution in [0.4, 0.5) is 10.1 Å². The molecule has 32 heavy (non-hydrogen) atoms. The smallest absolute Gasteiger partial charge is 0.345 e. The number of nitrogens with zero attached hydrogens (tertiary/aromatic N) is 3. The van der Waals surface area contributed by atoms with Crippen LogP contribution in [-0.2, 0) is 24.3 Å². The van der Waals surface area contributed by atoms with E-state index in [1.54, 1.807) is 13.8 Å². The van der Waals surface area contributed by atoms with Gasteiger partial charge >= 0.3 is 11.0 Å². The maximum absolute atomic E-state index is 13.0. The lowest BCUT2D eigenvalue weighted by atomic mass is 10.2. The number of rotatable bonds is 7. The predicted molar refractivity (Wildman–Crippen MR) is 113 cm³/mol. The second-order valence-corrected chi connectivity index (χ2v) is 9.94. The summed E-state index contributed by atoms with van der Waals surface area (Å²) < 4.78 is 37.7. The van der Waals surface area contributed by atoms with Crippen molar-refractivity contribution in [2.75, 3.05) is 25.0 Å². The Morgan fingerprint density at radius 3 is 2.66 bits per heavy atom. The zero-order valence-corrected chi connectivity index (χ0v) is 18.7. The summed E-state index contributed by atoms with van der Waals surface area (Å²) in [6.07, 6.45) is 0.465. The van der Waals surface area contributed by atoms with Crippen LogP contribution in [0.3, 0.4) is 0 Å². The summed E-state index contributed by atoms with van der Waals surface area (Å²) in [5.74, 6) is -1.64. The van der Waals surface area contributed by atoms with Crippen molar-refractivity contribution in [3.63, 3.8) is 0 Å². The van der Waals surface area contributed by atoms with Crippen molar-refractivity contribution in [1.82, 2.24) is 9.29 Å². The molecular formula is C18H20N4O8S2. The Bertz CT molecular complexity index is 1120. The van der Waals surface area contributed by atoms with Crippen LogP contribution in [0.25, 0.3) is 0 Å². The standard InChI is InChI=1S/C18H20N4O8S2/c1-11-8-21(9-12(2)30-11)32(27,28)14-5-3-4-13(6-14)17(24)29-10-15(23)20-18-19-7-16(31-18)22(25)26/h3-7,11-12H,8-10H2,1-2H3,(H,19,20,23). The zero-order chi connectivity index (χ0) is 23.5. The molecule has 1 fully saturated rings. The number of sulfonamides is 1. The number of aromatic nitrogens is 1. The minimum atomic E-state index is -3.86. The number of benzene rings is 1. The highest BCUT2D eigenvalue weighted by molar-refractivity contribution is 7.89. The van der Waals surface area contributed by atoms with Crippen LogP contribution in [0.2, 0.25) is 0 Å². The van der Waals surface area contributed by atoms with Gasteiger partial charge in [0, 0.05) is 13.1 Å². The molecule has 0 saturated carbocycles. The zero-order valence-electron chi connectivity index (χ0n) is 17.1. The summed E-state index contributed by atoms with van der Waals surface area (Å²) in [7, 11) is -3.86. The number of ether oxygens (including phenoxy) is 2. The van der Waals surface area contributed by atoms with Crippen molar-refractivity contribution in [2.24, 2.45) is 0 Å². The van der Waals surface area contributed by atoms with Gasteiger partial charge in [-0.05, 0) is 43.4 Å². The number of hydrogen-bond acceptors (Lipinski definition) is 10. The fourth-order valence-electron chi connectivity index (χ4n) is 3.04. The van der Waals surface area contributed by atoms with Crippen LogP contribution >= 0.6 is 11.3 Å². The van der Waals surface area contributed by atoms with E-state index in [-0.39, 0.29) is 45.9 Å². The molecule has 1 saturated heterocycles. The summed E-state index contributed by atoms with van der Waals surface area (Å²) >= 11 is 0.655. The molecule has 2 aromatic rings. The number of nitro groups is 1. The van der Waals surface area contributed by atoms with E-state index < -0.39 is 33.4 Å². The molecule has 1 aliphatic heterocycles. The Hall–Kier alpha value is -2.94. The number of amides is 1. The van der Waals surface area contributed by atoms with E-state index in [4.69, 9.17) is 9.47 Å². The quantitative estimate of drug-likeness (QED) is 0.350. The second-order valence-electron chi connectivity index (χ2n) is 6.99. The number of anilines is 1. The third kappa shape index (κ3) is 5.64. The van der Waals surface area contributed by atoms with Crippen molar-refractivity contribution in [2.45, 2.75) is 31.0 Å². The van der Waals surface area contributed by atoms with Gasteiger partial charge in [-0.1, -0.05) is 6.07 Å². The lowest BCUT2D eigenvalue weighted by Gasteiger charge is -2.34. The Morgan fingerprint density at radius 2 is 2.03 bits per heavy atom. The van der Waals surface area contributed by atoms with Crippen LogP contribution in [0.15, 0.2) is 35.4 Å². The summed E-state index contributed by atoms with van der Waals surface area (Å²) in [4.78, 5) is 37.8. The third-order valence-electron chi connectivity index (χ3n) is 4.35. The Labute approximate surface area is 187 Å². The van der Waals surface area contributed by atoms with Crippen LogP contribution in [0.1, 0.15) is 24.2 Å². The third-order valence-corrected chi connectivity index (χ3v) is 7.04. The van der Waals surface area contributed by atoms with Crippen molar-refractivity contribution in [1.29, 1.82) is 0 Å². The van der Waals surface area contributed by atoms with Crippen LogP contribution in [0, 0.1) is 10.1 Å². The van der Waals surface area contributed by atoms with E-state index in [0.29, 0.717) is 11.3 Å². The van der Waals surface area contributed by atoms with Gasteiger partial charge in [0.25, 0.3) is 5.91 Å². The summed E-state index contributed by atoms with van der Waals surface area (Å²) in [6, 6.07) is 5.34. The molecular weight excluding hydrogens is 464 g/mol. The monoisotopic (exact) mass is 484 g/mol. The molecule has 2 unspecified atom stereocenters. The van der Waals surface area contributed by atoms with Gasteiger partial charge in [0.2, 0.25) is 10.0 Å². The van der Waals surface area contributed by atoms with Crippen LogP contribution < -0.4 is 5.32 Å². The molecule has 1 aromatic carbocycles. The van der Waals surface area contributed by atoms with Crippen LogP contribution in [-0.4, -0.2) is 66.4 Å². The number of thiazole rings is 1. The second kappa shape index (κ2) is 9.68. The molecule has 2 atom stereocenters. The summed E-state index contributed by atoms with van der Waals surface area (Å²) in [5.41, 5.74) is -0.0434. The fourth-order valence-corrected chi connectivity index (χ4v) is 5.32. The van der Waals surface area contributed by atoms with Crippen molar-refractivity contribution in [3.05, 3.63) is 46.1 Å². The van der Waals surface area contributed by atoms with Gasteiger partial charge in [0.05, 0.1) is 27.6 Å². The molecule has 0 spiro atoms. The maximum Gasteiger partial charge on any atom is 0.345 e. The normalized spacial score (nSPS) is 19.3. The van der Waals surface area contributed by atoms with E-state index in [9.17, 15) is 28.1 Å². The molecule has 12 nitrogen and oxygen atoms in total. The number of morpholine rings is 1. The molecule has 0 aliphatic carbocycles. The average molecular weight is 485 g/mol. The lowest BCUT2D eigenvalue weighted by molar-refractivity contribution is -0.380. The van der Waals surface area contributed by atoms with Gasteiger partial charge in [-0.2, -0.15) is 4.31 Å². The molecule has 3 rings (SSSR count). The first-order valence-electron chi connectivity index (χ1n) is 9.39. The largest absolute Gasteiger partial charge is 0.452 e. The molecule has 1 aromatic heterocycles. The van der Waals surface area contributed by atoms with Crippen molar-refractivity contribution >= 4 is 43.4 Å². The molecule has 0 bridgehead atoms. The molecule has 2 heterocycles. The Morgan fingerprint density at radius 1 is 1.34 bits per heavy atom. The topological polar surface area (TPSA) is 158 Å². The van der Waals surface area contributed by atoms with E-state index in [0.717, 1.165) is 6.20 Å². The lowest BCUT2D eigenvalue weighted by Crippen LogP contribution is -2.48. The highest BCUT2D eigenvalue weighted by atomic mass is 32.2. The highest BCUT2D eigenvalue weighted by Gasteiger charge is 2.32. The van der Waals surface area contributed by atoms with E-state index >= 15 is 0 Å². The van der Waals surface area contributed by atoms with Crippen molar-refractivity contribution < 1.29 is 32.4 Å². The van der Waals surface area contributed by atoms with Gasteiger partial charge in [0.15, 0.2) is 11.7 Å². The van der Waals surface area contributed by atoms with Gasteiger partial charge in [-0.25, -0.2) is 18.2 Å². The molecule has 172 valence electrons. The minimum Gasteiger partial charge on any atom is -0.452 e. The molecule has 1 aliphatic rings. The molecule has 0 radical (unpaired) electrons. The van der Waals surface area contributed by atoms with Gasteiger partial charge in [-0.15, -0.1) is 0 Å². The van der Waals surface area contributed by atoms with Gasteiger partial charge in [0.1, 0.15) is 6.20 Å². The number of hydrogen-bond donors (Lipinski definition) is 1. The van der Waals surface area contributed by atoms with E-state index in [1.807, 2.05) is 0 Å². The molecule has 1 N–H and O–H groups in total. The van der Waals surface area contributed by atoms with E-state index in [2.05, 4.69) is 10.3 Å². The number of nitrogens with one attached hydrogen (secondary N) is 1. The molecule has 1 amide bonds.